The number of ether oxygens (including phenoxy) is 4. The number of hydrogen-bond donors (Lipinski definition) is 1. The molecule has 3 aromatic rings. The molecule has 0 aromatic heterocycles. The predicted octanol–water partition coefficient (Wildman–Crippen LogP) is 3.65. The maximum atomic E-state index is 12.6. The molecule has 1 aliphatic heterocycles. The van der Waals surface area contributed by atoms with Crippen molar-refractivity contribution < 1.29 is 28.5 Å². The summed E-state index contributed by atoms with van der Waals surface area (Å²) < 4.78 is 21.7. The minimum atomic E-state index is -0.569. The Morgan fingerprint density at radius 3 is 2.52 bits per heavy atom. The molecular formula is C24H23NO6. The van der Waals surface area contributed by atoms with E-state index < -0.39 is 11.9 Å². The Kier molecular flexibility index (Phi) is 5.93. The Hall–Kier alpha value is -3.74. The molecule has 0 radical (unpaired) electrons. The summed E-state index contributed by atoms with van der Waals surface area (Å²) in [5.74, 6) is 1.05. The van der Waals surface area contributed by atoms with Crippen LogP contribution >= 0.6 is 0 Å². The highest BCUT2D eigenvalue weighted by atomic mass is 16.6. The first-order valence-corrected chi connectivity index (χ1v) is 9.98. The van der Waals surface area contributed by atoms with Gasteiger partial charge < -0.3 is 24.3 Å². The number of carbonyl (C=O) groups excluding carboxylic acids is 2. The number of fused-ring (bicyclic) bond motifs is 2. The van der Waals surface area contributed by atoms with Crippen LogP contribution in [0.15, 0.2) is 54.6 Å². The molecule has 1 N–H and O–H groups in total. The molecule has 160 valence electrons. The van der Waals surface area contributed by atoms with Gasteiger partial charge >= 0.3 is 5.97 Å². The van der Waals surface area contributed by atoms with Gasteiger partial charge in [0.1, 0.15) is 19.0 Å². The second kappa shape index (κ2) is 8.95. The first-order valence-electron chi connectivity index (χ1n) is 9.98. The number of esters is 1. The number of methoxy groups -OCH3 is 1. The molecule has 7 nitrogen and oxygen atoms in total. The van der Waals surface area contributed by atoms with Crippen LogP contribution in [0.4, 0.5) is 0 Å². The third kappa shape index (κ3) is 4.40. The summed E-state index contributed by atoms with van der Waals surface area (Å²) in [6.07, 6.45) is 0. The first kappa shape index (κ1) is 20.5. The van der Waals surface area contributed by atoms with Gasteiger partial charge in [0, 0.05) is 5.39 Å². The summed E-state index contributed by atoms with van der Waals surface area (Å²) in [5.41, 5.74) is 1.24. The van der Waals surface area contributed by atoms with Crippen LogP contribution in [0.2, 0.25) is 0 Å². The Morgan fingerprint density at radius 1 is 1.00 bits per heavy atom. The average Bonchev–Trinajstić information content (AvgIpc) is 2.81. The van der Waals surface area contributed by atoms with Gasteiger partial charge in [0.25, 0.3) is 5.91 Å². The zero-order chi connectivity index (χ0) is 21.8. The molecule has 3 aromatic carbocycles. The van der Waals surface area contributed by atoms with Gasteiger partial charge in [-0.1, -0.05) is 30.3 Å². The summed E-state index contributed by atoms with van der Waals surface area (Å²) in [4.78, 5) is 25.0. The fourth-order valence-electron chi connectivity index (χ4n) is 3.53. The molecule has 1 amide bonds. The van der Waals surface area contributed by atoms with Gasteiger partial charge in [-0.15, -0.1) is 0 Å². The third-order valence-electron chi connectivity index (χ3n) is 5.10. The molecule has 1 atom stereocenters. The molecule has 4 rings (SSSR count). The molecule has 0 saturated heterocycles. The maximum Gasteiger partial charge on any atom is 0.339 e. The lowest BCUT2D eigenvalue weighted by Gasteiger charge is -2.21. The van der Waals surface area contributed by atoms with Gasteiger partial charge in [-0.05, 0) is 42.1 Å². The van der Waals surface area contributed by atoms with E-state index in [9.17, 15) is 9.59 Å². The van der Waals surface area contributed by atoms with E-state index >= 15 is 0 Å². The van der Waals surface area contributed by atoms with Crippen molar-refractivity contribution in [1.82, 2.24) is 5.32 Å². The molecule has 0 spiro atoms. The number of carbonyl (C=O) groups is 2. The number of rotatable bonds is 6. The van der Waals surface area contributed by atoms with Crippen molar-refractivity contribution in [3.05, 3.63) is 65.7 Å². The van der Waals surface area contributed by atoms with Crippen molar-refractivity contribution >= 4 is 22.6 Å². The summed E-state index contributed by atoms with van der Waals surface area (Å²) >= 11 is 0. The standard InChI is InChI=1S/C24H23NO6/c1-15(16-7-9-21-22(13-16)30-12-11-29-21)25-23(26)14-31-24(27)19-8-10-20(28-2)18-6-4-3-5-17(18)19/h3-10,13,15H,11-12,14H2,1-2H3,(H,25,26)/t15-/m0/s1. The molecule has 0 bridgehead atoms. The number of nitrogens with one attached hydrogen (secondary N) is 1. The molecule has 0 aliphatic carbocycles. The van der Waals surface area contributed by atoms with E-state index in [0.717, 1.165) is 10.9 Å². The Balaban J connectivity index is 1.39. The van der Waals surface area contributed by atoms with Crippen molar-refractivity contribution in [2.24, 2.45) is 0 Å². The average molecular weight is 421 g/mol. The van der Waals surface area contributed by atoms with Crippen LogP contribution in [0.5, 0.6) is 17.2 Å². The molecule has 0 saturated carbocycles. The van der Waals surface area contributed by atoms with Gasteiger partial charge in [0.05, 0.1) is 18.7 Å². The molecule has 1 heterocycles. The van der Waals surface area contributed by atoms with Crippen molar-refractivity contribution in [2.45, 2.75) is 13.0 Å². The minimum absolute atomic E-state index is 0.288. The van der Waals surface area contributed by atoms with Gasteiger partial charge in [-0.25, -0.2) is 4.79 Å². The zero-order valence-electron chi connectivity index (χ0n) is 17.3. The largest absolute Gasteiger partial charge is 0.496 e. The maximum absolute atomic E-state index is 12.6. The van der Waals surface area contributed by atoms with Crippen molar-refractivity contribution in [1.29, 1.82) is 0 Å². The van der Waals surface area contributed by atoms with Crippen molar-refractivity contribution in [3.8, 4) is 17.2 Å². The van der Waals surface area contributed by atoms with Gasteiger partial charge in [-0.2, -0.15) is 0 Å². The minimum Gasteiger partial charge on any atom is -0.496 e. The van der Waals surface area contributed by atoms with Gasteiger partial charge in [-0.3, -0.25) is 4.79 Å². The Labute approximate surface area is 179 Å². The highest BCUT2D eigenvalue weighted by Gasteiger charge is 2.18. The van der Waals surface area contributed by atoms with E-state index in [2.05, 4.69) is 5.32 Å². The van der Waals surface area contributed by atoms with Crippen LogP contribution in [-0.2, 0) is 9.53 Å². The monoisotopic (exact) mass is 421 g/mol. The van der Waals surface area contributed by atoms with Crippen LogP contribution < -0.4 is 19.5 Å². The van der Waals surface area contributed by atoms with Crippen molar-refractivity contribution in [2.75, 3.05) is 26.9 Å². The highest BCUT2D eigenvalue weighted by molar-refractivity contribution is 6.06. The highest BCUT2D eigenvalue weighted by Crippen LogP contribution is 2.32. The van der Waals surface area contributed by atoms with E-state index in [1.165, 1.54) is 0 Å². The summed E-state index contributed by atoms with van der Waals surface area (Å²) in [5, 5.41) is 4.34. The quantitative estimate of drug-likeness (QED) is 0.612. The lowest BCUT2D eigenvalue weighted by atomic mass is 10.0. The lowest BCUT2D eigenvalue weighted by molar-refractivity contribution is -0.124. The van der Waals surface area contributed by atoms with Crippen LogP contribution in [-0.4, -0.2) is 38.8 Å². The SMILES string of the molecule is COc1ccc(C(=O)OCC(=O)N[C@@H](C)c2ccc3c(c2)OCCO3)c2ccccc12. The Morgan fingerprint density at radius 2 is 1.74 bits per heavy atom. The molecule has 0 fully saturated rings. The molecule has 7 heteroatoms. The zero-order valence-corrected chi connectivity index (χ0v) is 17.3. The number of hydrogen-bond acceptors (Lipinski definition) is 6. The van der Waals surface area contributed by atoms with Gasteiger partial charge in [0.15, 0.2) is 18.1 Å². The van der Waals surface area contributed by atoms with E-state index in [0.29, 0.717) is 41.4 Å². The first-order chi connectivity index (χ1) is 15.1. The summed E-state index contributed by atoms with van der Waals surface area (Å²) in [6, 6.07) is 16.0. The van der Waals surface area contributed by atoms with Crippen molar-refractivity contribution in [3.63, 3.8) is 0 Å². The second-order valence-corrected chi connectivity index (χ2v) is 7.13. The van der Waals surface area contributed by atoms with Gasteiger partial charge in [0.2, 0.25) is 0 Å². The van der Waals surface area contributed by atoms with E-state index in [4.69, 9.17) is 18.9 Å². The Bertz CT molecular complexity index is 1130. The third-order valence-corrected chi connectivity index (χ3v) is 5.10. The fourth-order valence-corrected chi connectivity index (χ4v) is 3.53. The summed E-state index contributed by atoms with van der Waals surface area (Å²) in [7, 11) is 1.58. The molecule has 1 aliphatic rings. The molecule has 0 unspecified atom stereocenters. The normalized spacial score (nSPS) is 13.4. The predicted molar refractivity (Wildman–Crippen MR) is 115 cm³/mol. The van der Waals surface area contributed by atoms with Crippen LogP contribution in [0.1, 0.15) is 28.9 Å². The van der Waals surface area contributed by atoms with E-state index in [1.807, 2.05) is 49.4 Å². The van der Waals surface area contributed by atoms with Crippen LogP contribution in [0, 0.1) is 0 Å². The lowest BCUT2D eigenvalue weighted by Crippen LogP contribution is -2.31. The molecular weight excluding hydrogens is 398 g/mol. The number of benzene rings is 3. The van der Waals surface area contributed by atoms with E-state index in [-0.39, 0.29) is 12.6 Å². The number of amides is 1. The topological polar surface area (TPSA) is 83.1 Å². The van der Waals surface area contributed by atoms with E-state index in [1.54, 1.807) is 19.2 Å². The molecule has 31 heavy (non-hydrogen) atoms. The summed E-state index contributed by atoms with van der Waals surface area (Å²) in [6.45, 7) is 2.48. The smallest absolute Gasteiger partial charge is 0.339 e. The van der Waals surface area contributed by atoms with Crippen LogP contribution in [0.3, 0.4) is 0 Å². The van der Waals surface area contributed by atoms with Crippen LogP contribution in [0.25, 0.3) is 10.8 Å². The fraction of sp³-hybridized carbons (Fsp3) is 0.250. The second-order valence-electron chi connectivity index (χ2n) is 7.13.